The van der Waals surface area contributed by atoms with Crippen LogP contribution in [0.2, 0.25) is 0 Å². The third-order valence-electron chi connectivity index (χ3n) is 4.48. The van der Waals surface area contributed by atoms with Crippen LogP contribution in [-0.2, 0) is 4.79 Å². The molecule has 2 aliphatic heterocycles. The number of nitrogens with zero attached hydrogens (tertiary/aromatic N) is 1. The standard InChI is InChI=1S/C16H21BrN2O2/c1-2-5-10-6-3-4-7-19(10)14-9-13-11(8-12(14)17)15(20)16(21)18-13/h8-10,15,20H,2-7H2,1H3,(H,18,21). The summed E-state index contributed by atoms with van der Waals surface area (Å²) < 4.78 is 0.958. The fourth-order valence-electron chi connectivity index (χ4n) is 3.43. The number of piperidine rings is 1. The van der Waals surface area contributed by atoms with E-state index in [2.05, 4.69) is 33.1 Å². The van der Waals surface area contributed by atoms with E-state index in [-0.39, 0.29) is 5.91 Å². The molecule has 2 aliphatic rings. The first-order valence-electron chi connectivity index (χ1n) is 7.70. The van der Waals surface area contributed by atoms with Crippen LogP contribution in [-0.4, -0.2) is 23.6 Å². The summed E-state index contributed by atoms with van der Waals surface area (Å²) in [6.07, 6.45) is 5.06. The predicted molar refractivity (Wildman–Crippen MR) is 87.6 cm³/mol. The minimum absolute atomic E-state index is 0.335. The van der Waals surface area contributed by atoms with E-state index in [1.807, 2.05) is 12.1 Å². The number of aliphatic hydroxyl groups excluding tert-OH is 1. The van der Waals surface area contributed by atoms with Gasteiger partial charge in [0.25, 0.3) is 5.91 Å². The Bertz CT molecular complexity index is 559. The number of carbonyl (C=O) groups excluding carboxylic acids is 1. The molecule has 21 heavy (non-hydrogen) atoms. The number of anilines is 2. The van der Waals surface area contributed by atoms with E-state index in [9.17, 15) is 9.90 Å². The zero-order chi connectivity index (χ0) is 15.0. The molecule has 1 amide bonds. The van der Waals surface area contributed by atoms with Crippen LogP contribution in [0.1, 0.15) is 50.7 Å². The third-order valence-corrected chi connectivity index (χ3v) is 5.11. The van der Waals surface area contributed by atoms with E-state index >= 15 is 0 Å². The Balaban J connectivity index is 1.95. The summed E-state index contributed by atoms with van der Waals surface area (Å²) in [5.74, 6) is -0.335. The number of halogens is 1. The molecular formula is C16H21BrN2O2. The van der Waals surface area contributed by atoms with Gasteiger partial charge in [-0.3, -0.25) is 4.79 Å². The maximum Gasteiger partial charge on any atom is 0.257 e. The van der Waals surface area contributed by atoms with Crippen LogP contribution in [0.3, 0.4) is 0 Å². The molecule has 2 atom stereocenters. The van der Waals surface area contributed by atoms with Crippen molar-refractivity contribution in [3.8, 4) is 0 Å². The first kappa shape index (κ1) is 14.9. The summed E-state index contributed by atoms with van der Waals surface area (Å²) in [6.45, 7) is 3.28. The Kier molecular flexibility index (Phi) is 4.22. The van der Waals surface area contributed by atoms with Gasteiger partial charge in [0.05, 0.1) is 5.69 Å². The molecule has 1 aromatic rings. The van der Waals surface area contributed by atoms with Gasteiger partial charge in [0.2, 0.25) is 0 Å². The summed E-state index contributed by atoms with van der Waals surface area (Å²) in [6, 6.07) is 4.45. The smallest absolute Gasteiger partial charge is 0.257 e. The number of rotatable bonds is 3. The van der Waals surface area contributed by atoms with Gasteiger partial charge in [-0.2, -0.15) is 0 Å². The second-order valence-corrected chi connectivity index (χ2v) is 6.77. The molecule has 0 aliphatic carbocycles. The van der Waals surface area contributed by atoms with Gasteiger partial charge < -0.3 is 15.3 Å². The molecule has 4 nitrogen and oxygen atoms in total. The predicted octanol–water partition coefficient (Wildman–Crippen LogP) is 3.59. The fourth-order valence-corrected chi connectivity index (χ4v) is 4.01. The normalized spacial score (nSPS) is 24.9. The molecule has 0 radical (unpaired) electrons. The molecular weight excluding hydrogens is 332 g/mol. The molecule has 0 bridgehead atoms. The lowest BCUT2D eigenvalue weighted by atomic mass is 9.97. The van der Waals surface area contributed by atoms with Gasteiger partial charge in [-0.1, -0.05) is 13.3 Å². The summed E-state index contributed by atoms with van der Waals surface area (Å²) in [4.78, 5) is 14.1. The van der Waals surface area contributed by atoms with Crippen molar-refractivity contribution in [2.24, 2.45) is 0 Å². The van der Waals surface area contributed by atoms with E-state index in [1.165, 1.54) is 32.1 Å². The van der Waals surface area contributed by atoms with E-state index in [0.717, 1.165) is 22.4 Å². The average molecular weight is 353 g/mol. The summed E-state index contributed by atoms with van der Waals surface area (Å²) in [5, 5.41) is 12.6. The summed E-state index contributed by atoms with van der Waals surface area (Å²) >= 11 is 3.62. The second kappa shape index (κ2) is 5.97. The highest BCUT2D eigenvalue weighted by molar-refractivity contribution is 9.10. The number of benzene rings is 1. The molecule has 1 fully saturated rings. The number of hydrogen-bond acceptors (Lipinski definition) is 3. The Morgan fingerprint density at radius 3 is 3.00 bits per heavy atom. The lowest BCUT2D eigenvalue weighted by Crippen LogP contribution is -2.39. The Hall–Kier alpha value is -1.07. The SMILES string of the molecule is CCCC1CCCCN1c1cc2c(cc1Br)C(O)C(=O)N2. The second-order valence-electron chi connectivity index (χ2n) is 5.91. The van der Waals surface area contributed by atoms with E-state index in [4.69, 9.17) is 0 Å². The van der Waals surface area contributed by atoms with Crippen molar-refractivity contribution >= 4 is 33.2 Å². The first-order valence-corrected chi connectivity index (χ1v) is 8.50. The highest BCUT2D eigenvalue weighted by atomic mass is 79.9. The number of nitrogens with one attached hydrogen (secondary N) is 1. The monoisotopic (exact) mass is 352 g/mol. The van der Waals surface area contributed by atoms with Crippen molar-refractivity contribution in [2.45, 2.75) is 51.2 Å². The third kappa shape index (κ3) is 2.69. The van der Waals surface area contributed by atoms with Gasteiger partial charge >= 0.3 is 0 Å². The summed E-state index contributed by atoms with van der Waals surface area (Å²) in [5.41, 5.74) is 2.53. The molecule has 0 saturated carbocycles. The number of carbonyl (C=O) groups is 1. The quantitative estimate of drug-likeness (QED) is 0.873. The van der Waals surface area contributed by atoms with E-state index < -0.39 is 6.10 Å². The minimum atomic E-state index is -1.04. The van der Waals surface area contributed by atoms with Crippen molar-refractivity contribution < 1.29 is 9.90 Å². The fraction of sp³-hybridized carbons (Fsp3) is 0.562. The van der Waals surface area contributed by atoms with Crippen LogP contribution in [0.15, 0.2) is 16.6 Å². The summed E-state index contributed by atoms with van der Waals surface area (Å²) in [7, 11) is 0. The van der Waals surface area contributed by atoms with Crippen LogP contribution in [0.25, 0.3) is 0 Å². The van der Waals surface area contributed by atoms with Crippen molar-refractivity contribution in [2.75, 3.05) is 16.8 Å². The molecule has 2 heterocycles. The Labute approximate surface area is 133 Å². The van der Waals surface area contributed by atoms with Gasteiger partial charge in [-0.25, -0.2) is 0 Å². The van der Waals surface area contributed by atoms with Crippen LogP contribution in [0.5, 0.6) is 0 Å². The topological polar surface area (TPSA) is 52.6 Å². The Morgan fingerprint density at radius 1 is 1.43 bits per heavy atom. The maximum atomic E-state index is 11.6. The molecule has 2 unspecified atom stereocenters. The minimum Gasteiger partial charge on any atom is -0.378 e. The molecule has 2 N–H and O–H groups in total. The van der Waals surface area contributed by atoms with Crippen LogP contribution in [0, 0.1) is 0 Å². The molecule has 3 rings (SSSR count). The lowest BCUT2D eigenvalue weighted by Gasteiger charge is -2.38. The van der Waals surface area contributed by atoms with Crippen molar-refractivity contribution in [1.82, 2.24) is 0 Å². The van der Waals surface area contributed by atoms with E-state index in [0.29, 0.717) is 11.6 Å². The molecule has 114 valence electrons. The lowest BCUT2D eigenvalue weighted by molar-refractivity contribution is -0.123. The van der Waals surface area contributed by atoms with E-state index in [1.54, 1.807) is 0 Å². The molecule has 1 aromatic carbocycles. The van der Waals surface area contributed by atoms with Gasteiger partial charge in [0.1, 0.15) is 0 Å². The highest BCUT2D eigenvalue weighted by Crippen LogP contribution is 2.41. The van der Waals surface area contributed by atoms with Crippen LogP contribution >= 0.6 is 15.9 Å². The van der Waals surface area contributed by atoms with Crippen LogP contribution in [0.4, 0.5) is 11.4 Å². The van der Waals surface area contributed by atoms with Crippen LogP contribution < -0.4 is 10.2 Å². The average Bonchev–Trinajstić information content (AvgIpc) is 2.75. The number of amides is 1. The van der Waals surface area contributed by atoms with Crippen molar-refractivity contribution in [1.29, 1.82) is 0 Å². The highest BCUT2D eigenvalue weighted by Gasteiger charge is 2.31. The first-order chi connectivity index (χ1) is 10.1. The zero-order valence-corrected chi connectivity index (χ0v) is 13.8. The van der Waals surface area contributed by atoms with Gasteiger partial charge in [-0.05, 0) is 53.7 Å². The Morgan fingerprint density at radius 2 is 2.24 bits per heavy atom. The largest absolute Gasteiger partial charge is 0.378 e. The van der Waals surface area contributed by atoms with Crippen molar-refractivity contribution in [3.05, 3.63) is 22.2 Å². The van der Waals surface area contributed by atoms with Gasteiger partial charge in [0, 0.05) is 28.3 Å². The molecule has 5 heteroatoms. The molecule has 0 aromatic heterocycles. The number of fused-ring (bicyclic) bond motifs is 1. The maximum absolute atomic E-state index is 11.6. The molecule has 1 saturated heterocycles. The van der Waals surface area contributed by atoms with Gasteiger partial charge in [-0.15, -0.1) is 0 Å². The number of aliphatic hydroxyl groups is 1. The van der Waals surface area contributed by atoms with Crippen molar-refractivity contribution in [3.63, 3.8) is 0 Å². The molecule has 0 spiro atoms. The van der Waals surface area contributed by atoms with Gasteiger partial charge in [0.15, 0.2) is 6.10 Å². The number of hydrogen-bond donors (Lipinski definition) is 2. The zero-order valence-electron chi connectivity index (χ0n) is 12.2.